The summed E-state index contributed by atoms with van der Waals surface area (Å²) in [7, 11) is 0. The van der Waals surface area contributed by atoms with Crippen LogP contribution in [0.25, 0.3) is 10.9 Å². The number of hydrogen-bond donors (Lipinski definition) is 7. The minimum Gasteiger partial charge on any atom is -0.480 e. The van der Waals surface area contributed by atoms with Crippen molar-refractivity contribution in [1.82, 2.24) is 20.9 Å². The number of nitrogens with two attached hydrogens (primary N) is 1. The highest BCUT2D eigenvalue weighted by atomic mass is 16.4. The van der Waals surface area contributed by atoms with Crippen LogP contribution in [0.1, 0.15) is 31.4 Å². The fraction of sp³-hybridized carbons (Fsp3) is 0.379. The van der Waals surface area contributed by atoms with Crippen molar-refractivity contribution in [2.75, 3.05) is 6.61 Å². The predicted octanol–water partition coefficient (Wildman–Crippen LogP) is 0.858. The quantitative estimate of drug-likeness (QED) is 0.155. The van der Waals surface area contributed by atoms with Crippen molar-refractivity contribution in [2.45, 2.75) is 57.3 Å². The van der Waals surface area contributed by atoms with E-state index in [2.05, 4.69) is 20.9 Å². The average molecular weight is 552 g/mol. The van der Waals surface area contributed by atoms with Crippen LogP contribution in [-0.4, -0.2) is 69.7 Å². The van der Waals surface area contributed by atoms with E-state index in [4.69, 9.17) is 5.73 Å². The van der Waals surface area contributed by atoms with Crippen LogP contribution in [0, 0.1) is 5.92 Å². The Morgan fingerprint density at radius 1 is 0.825 bits per heavy atom. The van der Waals surface area contributed by atoms with Crippen molar-refractivity contribution in [1.29, 1.82) is 0 Å². The Kier molecular flexibility index (Phi) is 10.8. The van der Waals surface area contributed by atoms with Crippen LogP contribution in [0.5, 0.6) is 0 Å². The third-order valence-corrected chi connectivity index (χ3v) is 6.50. The number of fused-ring (bicyclic) bond motifs is 1. The van der Waals surface area contributed by atoms with Crippen molar-refractivity contribution in [3.05, 3.63) is 71.9 Å². The molecule has 0 aliphatic rings. The molecule has 0 saturated heterocycles. The van der Waals surface area contributed by atoms with E-state index in [0.29, 0.717) is 0 Å². The van der Waals surface area contributed by atoms with E-state index in [0.717, 1.165) is 22.0 Å². The topological polar surface area (TPSA) is 187 Å². The molecule has 11 nitrogen and oxygen atoms in total. The SMILES string of the molecule is CC(C)CC(NC(=O)C(N)Cc1c[nH]c2ccccc12)C(=O)NC(Cc1ccccc1)C(=O)NC(CO)C(=O)O. The van der Waals surface area contributed by atoms with Gasteiger partial charge in [0.25, 0.3) is 0 Å². The van der Waals surface area contributed by atoms with Gasteiger partial charge in [-0.2, -0.15) is 0 Å². The van der Waals surface area contributed by atoms with Gasteiger partial charge in [-0.1, -0.05) is 62.4 Å². The number of aromatic nitrogens is 1. The van der Waals surface area contributed by atoms with E-state index in [1.165, 1.54) is 0 Å². The number of aliphatic hydroxyl groups excluding tert-OH is 1. The Morgan fingerprint density at radius 2 is 1.43 bits per heavy atom. The van der Waals surface area contributed by atoms with E-state index >= 15 is 0 Å². The molecule has 8 N–H and O–H groups in total. The number of carbonyl (C=O) groups excluding carboxylic acids is 3. The van der Waals surface area contributed by atoms with Crippen molar-refractivity contribution in [2.24, 2.45) is 11.7 Å². The van der Waals surface area contributed by atoms with Gasteiger partial charge in [-0.15, -0.1) is 0 Å². The summed E-state index contributed by atoms with van der Waals surface area (Å²) in [4.78, 5) is 54.0. The molecule has 40 heavy (non-hydrogen) atoms. The number of aromatic amines is 1. The maximum Gasteiger partial charge on any atom is 0.328 e. The number of benzene rings is 2. The van der Waals surface area contributed by atoms with E-state index in [-0.39, 0.29) is 25.2 Å². The summed E-state index contributed by atoms with van der Waals surface area (Å²) in [5, 5.41) is 27.2. The Hall–Kier alpha value is -4.22. The number of aliphatic carboxylic acids is 1. The molecule has 4 unspecified atom stereocenters. The van der Waals surface area contributed by atoms with E-state index in [1.807, 2.05) is 38.1 Å². The molecule has 0 aliphatic carbocycles. The first-order valence-electron chi connectivity index (χ1n) is 13.2. The summed E-state index contributed by atoms with van der Waals surface area (Å²) in [6, 6.07) is 12.0. The molecule has 0 radical (unpaired) electrons. The van der Waals surface area contributed by atoms with Crippen molar-refractivity contribution in [3.63, 3.8) is 0 Å². The standard InChI is InChI=1S/C29H37N5O6/c1-17(2)12-23(32-26(36)21(30)14-19-15-31-22-11-7-6-10-20(19)22)27(37)33-24(13-18-8-4-3-5-9-18)28(38)34-25(16-35)29(39)40/h3-11,15,17,21,23-25,31,35H,12-14,16,30H2,1-2H3,(H,32,36)(H,33,37)(H,34,38)(H,39,40). The van der Waals surface area contributed by atoms with Crippen LogP contribution in [0.15, 0.2) is 60.8 Å². The molecule has 1 heterocycles. The summed E-state index contributed by atoms with van der Waals surface area (Å²) in [6.45, 7) is 2.98. The van der Waals surface area contributed by atoms with Crippen molar-refractivity contribution >= 4 is 34.6 Å². The summed E-state index contributed by atoms with van der Waals surface area (Å²) in [5.41, 5.74) is 8.76. The number of carboxylic acids is 1. The predicted molar refractivity (Wildman–Crippen MR) is 150 cm³/mol. The zero-order chi connectivity index (χ0) is 29.2. The highest BCUT2D eigenvalue weighted by Gasteiger charge is 2.31. The second-order valence-electron chi connectivity index (χ2n) is 10.2. The molecule has 214 valence electrons. The number of aliphatic hydroxyl groups is 1. The van der Waals surface area contributed by atoms with Gasteiger partial charge in [0.15, 0.2) is 0 Å². The Morgan fingerprint density at radius 3 is 2.08 bits per heavy atom. The number of hydrogen-bond acceptors (Lipinski definition) is 6. The fourth-order valence-electron chi connectivity index (χ4n) is 4.40. The second-order valence-corrected chi connectivity index (χ2v) is 10.2. The molecule has 0 bridgehead atoms. The number of carboxylic acid groups (broad SMARTS) is 1. The van der Waals surface area contributed by atoms with Gasteiger partial charge >= 0.3 is 5.97 Å². The van der Waals surface area contributed by atoms with Gasteiger partial charge in [-0.05, 0) is 36.0 Å². The van der Waals surface area contributed by atoms with Gasteiger partial charge in [0.2, 0.25) is 17.7 Å². The van der Waals surface area contributed by atoms with Crippen LogP contribution >= 0.6 is 0 Å². The van der Waals surface area contributed by atoms with Gasteiger partial charge in [0, 0.05) is 23.5 Å². The number of nitrogens with one attached hydrogen (secondary N) is 4. The van der Waals surface area contributed by atoms with Gasteiger partial charge in [-0.25, -0.2) is 4.79 Å². The minimum atomic E-state index is -1.53. The van der Waals surface area contributed by atoms with Crippen LogP contribution < -0.4 is 21.7 Å². The summed E-state index contributed by atoms with van der Waals surface area (Å²) < 4.78 is 0. The zero-order valence-electron chi connectivity index (χ0n) is 22.6. The smallest absolute Gasteiger partial charge is 0.328 e. The van der Waals surface area contributed by atoms with Gasteiger partial charge < -0.3 is 36.9 Å². The Labute approximate surface area is 232 Å². The maximum atomic E-state index is 13.4. The molecule has 0 saturated carbocycles. The monoisotopic (exact) mass is 551 g/mol. The molecule has 0 spiro atoms. The van der Waals surface area contributed by atoms with Gasteiger partial charge in [0.1, 0.15) is 18.1 Å². The van der Waals surface area contributed by atoms with Gasteiger partial charge in [0.05, 0.1) is 12.6 Å². The molecule has 1 aromatic heterocycles. The van der Waals surface area contributed by atoms with Crippen LogP contribution in [-0.2, 0) is 32.0 Å². The molecule has 3 rings (SSSR count). The normalized spacial score (nSPS) is 14.2. The van der Waals surface area contributed by atoms with Crippen molar-refractivity contribution in [3.8, 4) is 0 Å². The summed E-state index contributed by atoms with van der Waals surface area (Å²) in [5.74, 6) is -3.28. The molecule has 0 fully saturated rings. The minimum absolute atomic E-state index is 0.0214. The van der Waals surface area contributed by atoms with Crippen LogP contribution in [0.2, 0.25) is 0 Å². The fourth-order valence-corrected chi connectivity index (χ4v) is 4.40. The summed E-state index contributed by atoms with van der Waals surface area (Å²) >= 11 is 0. The highest BCUT2D eigenvalue weighted by Crippen LogP contribution is 2.19. The second kappa shape index (κ2) is 14.2. The maximum absolute atomic E-state index is 13.4. The van der Waals surface area contributed by atoms with E-state index in [1.54, 1.807) is 36.5 Å². The van der Waals surface area contributed by atoms with Crippen LogP contribution in [0.3, 0.4) is 0 Å². The Balaban J connectivity index is 1.74. The van der Waals surface area contributed by atoms with Crippen LogP contribution in [0.4, 0.5) is 0 Å². The number of H-pyrrole nitrogens is 1. The number of amides is 3. The van der Waals surface area contributed by atoms with Gasteiger partial charge in [-0.3, -0.25) is 14.4 Å². The number of rotatable bonds is 14. The summed E-state index contributed by atoms with van der Waals surface area (Å²) in [6.07, 6.45) is 2.41. The molecule has 0 aliphatic heterocycles. The molecular formula is C29H37N5O6. The molecule has 3 aromatic rings. The molecule has 3 amide bonds. The first-order chi connectivity index (χ1) is 19.1. The highest BCUT2D eigenvalue weighted by molar-refractivity contribution is 5.94. The Bertz CT molecular complexity index is 1310. The number of para-hydroxylation sites is 1. The lowest BCUT2D eigenvalue weighted by atomic mass is 10.00. The average Bonchev–Trinajstić information content (AvgIpc) is 3.33. The third kappa shape index (κ3) is 8.39. The van der Waals surface area contributed by atoms with Crippen molar-refractivity contribution < 1.29 is 29.4 Å². The third-order valence-electron chi connectivity index (χ3n) is 6.50. The molecule has 11 heteroatoms. The largest absolute Gasteiger partial charge is 0.480 e. The first-order valence-corrected chi connectivity index (χ1v) is 13.2. The molecular weight excluding hydrogens is 514 g/mol. The van der Waals surface area contributed by atoms with E-state index < -0.39 is 54.5 Å². The zero-order valence-corrected chi connectivity index (χ0v) is 22.6. The van der Waals surface area contributed by atoms with E-state index in [9.17, 15) is 29.4 Å². The molecule has 2 aromatic carbocycles. The lowest BCUT2D eigenvalue weighted by Crippen LogP contribution is -2.58. The molecule has 4 atom stereocenters. The number of carbonyl (C=O) groups is 4. The first kappa shape index (κ1) is 30.3. The lowest BCUT2D eigenvalue weighted by molar-refractivity contribution is -0.143. The lowest BCUT2D eigenvalue weighted by Gasteiger charge is -2.26.